The van der Waals surface area contributed by atoms with E-state index in [1.165, 1.54) is 19.2 Å². The number of carbonyl (C=O) groups excluding carboxylic acids is 1. The van der Waals surface area contributed by atoms with Crippen molar-refractivity contribution in [1.29, 1.82) is 0 Å². The third kappa shape index (κ3) is 3.30. The summed E-state index contributed by atoms with van der Waals surface area (Å²) in [4.78, 5) is 11.5. The Morgan fingerprint density at radius 2 is 1.95 bits per heavy atom. The van der Waals surface area contributed by atoms with Gasteiger partial charge in [0.15, 0.2) is 0 Å². The summed E-state index contributed by atoms with van der Waals surface area (Å²) in [6, 6.07) is 4.77. The lowest BCUT2D eigenvalue weighted by Crippen LogP contribution is -2.43. The monoisotopic (exact) mass is 287 g/mol. The number of benzene rings is 1. The average molecular weight is 287 g/mol. The molecular weight excluding hydrogens is 271 g/mol. The van der Waals surface area contributed by atoms with Crippen molar-refractivity contribution in [3.05, 3.63) is 35.4 Å². The van der Waals surface area contributed by atoms with Crippen LogP contribution >= 0.6 is 0 Å². The van der Waals surface area contributed by atoms with Gasteiger partial charge in [0.25, 0.3) is 0 Å². The summed E-state index contributed by atoms with van der Waals surface area (Å²) in [5.41, 5.74) is 0.174. The third-order valence-electron chi connectivity index (χ3n) is 3.60. The molecule has 1 heterocycles. The number of rotatable bonds is 2. The SMILES string of the molecule is COC(=O)C1CC(c2ccc(C(F)(F)F)cc2)CCN1. The summed E-state index contributed by atoms with van der Waals surface area (Å²) in [5, 5.41) is 3.05. The first-order valence-corrected chi connectivity index (χ1v) is 6.40. The van der Waals surface area contributed by atoms with Gasteiger partial charge in [-0.05, 0) is 43.0 Å². The molecule has 0 bridgehead atoms. The minimum absolute atomic E-state index is 0.0719. The maximum Gasteiger partial charge on any atom is 0.416 e. The van der Waals surface area contributed by atoms with Gasteiger partial charge in [0, 0.05) is 0 Å². The molecule has 0 saturated carbocycles. The number of halogens is 3. The second-order valence-corrected chi connectivity index (χ2v) is 4.87. The predicted molar refractivity (Wildman–Crippen MR) is 67.2 cm³/mol. The van der Waals surface area contributed by atoms with Gasteiger partial charge in [-0.25, -0.2) is 0 Å². The number of piperidine rings is 1. The van der Waals surface area contributed by atoms with E-state index in [9.17, 15) is 18.0 Å². The number of nitrogens with one attached hydrogen (secondary N) is 1. The van der Waals surface area contributed by atoms with Gasteiger partial charge in [0.1, 0.15) is 6.04 Å². The summed E-state index contributed by atoms with van der Waals surface area (Å²) in [6.07, 6.45) is -2.99. The quantitative estimate of drug-likeness (QED) is 0.850. The van der Waals surface area contributed by atoms with E-state index in [0.29, 0.717) is 13.0 Å². The topological polar surface area (TPSA) is 38.3 Å². The number of hydrogen-bond acceptors (Lipinski definition) is 3. The molecule has 0 spiro atoms. The molecule has 2 atom stereocenters. The summed E-state index contributed by atoms with van der Waals surface area (Å²) < 4.78 is 42.2. The summed E-state index contributed by atoms with van der Waals surface area (Å²) in [5.74, 6) is -0.260. The second kappa shape index (κ2) is 5.83. The van der Waals surface area contributed by atoms with Gasteiger partial charge in [-0.15, -0.1) is 0 Å². The number of carbonyl (C=O) groups is 1. The lowest BCUT2D eigenvalue weighted by atomic mass is 9.86. The van der Waals surface area contributed by atoms with Crippen molar-refractivity contribution in [2.24, 2.45) is 0 Å². The lowest BCUT2D eigenvalue weighted by Gasteiger charge is -2.29. The third-order valence-corrected chi connectivity index (χ3v) is 3.60. The van der Waals surface area contributed by atoms with E-state index in [0.717, 1.165) is 24.1 Å². The Labute approximate surface area is 115 Å². The molecule has 3 nitrogen and oxygen atoms in total. The van der Waals surface area contributed by atoms with Crippen molar-refractivity contribution in [3.8, 4) is 0 Å². The highest BCUT2D eigenvalue weighted by Gasteiger charge is 2.31. The maximum absolute atomic E-state index is 12.5. The first kappa shape index (κ1) is 14.8. The zero-order chi connectivity index (χ0) is 14.8. The van der Waals surface area contributed by atoms with Gasteiger partial charge < -0.3 is 10.1 Å². The molecule has 1 aliphatic rings. The molecule has 0 aromatic heterocycles. The van der Waals surface area contributed by atoms with Crippen LogP contribution in [-0.4, -0.2) is 25.7 Å². The van der Waals surface area contributed by atoms with E-state index in [2.05, 4.69) is 10.1 Å². The normalized spacial score (nSPS) is 23.4. The molecular formula is C14H16F3NO2. The fourth-order valence-electron chi connectivity index (χ4n) is 2.49. The number of alkyl halides is 3. The van der Waals surface area contributed by atoms with Crippen LogP contribution < -0.4 is 5.32 Å². The van der Waals surface area contributed by atoms with E-state index in [4.69, 9.17) is 0 Å². The van der Waals surface area contributed by atoms with E-state index in [-0.39, 0.29) is 17.9 Å². The molecule has 0 radical (unpaired) electrons. The van der Waals surface area contributed by atoms with Crippen molar-refractivity contribution in [2.45, 2.75) is 31.0 Å². The van der Waals surface area contributed by atoms with Crippen molar-refractivity contribution in [3.63, 3.8) is 0 Å². The molecule has 110 valence electrons. The van der Waals surface area contributed by atoms with E-state index in [1.54, 1.807) is 0 Å². The van der Waals surface area contributed by atoms with Crippen molar-refractivity contribution in [1.82, 2.24) is 5.32 Å². The highest BCUT2D eigenvalue weighted by atomic mass is 19.4. The van der Waals surface area contributed by atoms with E-state index in [1.807, 2.05) is 0 Å². The van der Waals surface area contributed by atoms with Gasteiger partial charge in [0.05, 0.1) is 12.7 Å². The van der Waals surface area contributed by atoms with E-state index >= 15 is 0 Å². The molecule has 6 heteroatoms. The number of hydrogen-bond donors (Lipinski definition) is 1. The van der Waals surface area contributed by atoms with Crippen LogP contribution in [0.2, 0.25) is 0 Å². The highest BCUT2D eigenvalue weighted by molar-refractivity contribution is 5.75. The molecule has 1 fully saturated rings. The molecule has 1 N–H and O–H groups in total. The summed E-state index contributed by atoms with van der Waals surface area (Å²) in [7, 11) is 1.33. The average Bonchev–Trinajstić information content (AvgIpc) is 2.46. The Morgan fingerprint density at radius 3 is 2.50 bits per heavy atom. The van der Waals surface area contributed by atoms with Gasteiger partial charge >= 0.3 is 12.1 Å². The summed E-state index contributed by atoms with van der Waals surface area (Å²) in [6.45, 7) is 0.644. The zero-order valence-electron chi connectivity index (χ0n) is 11.0. The smallest absolute Gasteiger partial charge is 0.416 e. The minimum Gasteiger partial charge on any atom is -0.468 e. The van der Waals surface area contributed by atoms with Gasteiger partial charge in [-0.2, -0.15) is 13.2 Å². The second-order valence-electron chi connectivity index (χ2n) is 4.87. The Kier molecular flexibility index (Phi) is 4.32. The number of methoxy groups -OCH3 is 1. The molecule has 0 amide bonds. The lowest BCUT2D eigenvalue weighted by molar-refractivity contribution is -0.143. The fraction of sp³-hybridized carbons (Fsp3) is 0.500. The Bertz CT molecular complexity index is 470. The van der Waals surface area contributed by atoms with Gasteiger partial charge in [-0.1, -0.05) is 12.1 Å². The van der Waals surface area contributed by atoms with Gasteiger partial charge in [-0.3, -0.25) is 4.79 Å². The van der Waals surface area contributed by atoms with Crippen LogP contribution in [0.25, 0.3) is 0 Å². The van der Waals surface area contributed by atoms with Crippen molar-refractivity contribution < 1.29 is 22.7 Å². The number of esters is 1. The molecule has 1 aromatic rings. The molecule has 1 aromatic carbocycles. The first-order valence-electron chi connectivity index (χ1n) is 6.40. The largest absolute Gasteiger partial charge is 0.468 e. The van der Waals surface area contributed by atoms with Crippen LogP contribution in [-0.2, 0) is 15.7 Å². The molecule has 1 saturated heterocycles. The van der Waals surface area contributed by atoms with Crippen LogP contribution in [0.4, 0.5) is 13.2 Å². The Morgan fingerprint density at radius 1 is 1.30 bits per heavy atom. The molecule has 20 heavy (non-hydrogen) atoms. The maximum atomic E-state index is 12.5. The van der Waals surface area contributed by atoms with Crippen molar-refractivity contribution >= 4 is 5.97 Å². The van der Waals surface area contributed by atoms with Crippen molar-refractivity contribution in [2.75, 3.05) is 13.7 Å². The Balaban J connectivity index is 2.09. The summed E-state index contributed by atoms with van der Waals surface area (Å²) >= 11 is 0. The fourth-order valence-corrected chi connectivity index (χ4v) is 2.49. The highest BCUT2D eigenvalue weighted by Crippen LogP contribution is 2.32. The van der Waals surface area contributed by atoms with Gasteiger partial charge in [0.2, 0.25) is 0 Å². The number of ether oxygens (including phenoxy) is 1. The van der Waals surface area contributed by atoms with Crippen LogP contribution in [0, 0.1) is 0 Å². The zero-order valence-corrected chi connectivity index (χ0v) is 11.0. The van der Waals surface area contributed by atoms with Crippen LogP contribution in [0.15, 0.2) is 24.3 Å². The van der Waals surface area contributed by atoms with Crippen LogP contribution in [0.1, 0.15) is 29.9 Å². The van der Waals surface area contributed by atoms with Crippen LogP contribution in [0.3, 0.4) is 0 Å². The molecule has 2 rings (SSSR count). The molecule has 0 aliphatic carbocycles. The molecule has 1 aliphatic heterocycles. The molecule has 2 unspecified atom stereocenters. The predicted octanol–water partition coefficient (Wildman–Crippen LogP) is 2.71. The first-order chi connectivity index (χ1) is 9.41. The standard InChI is InChI=1S/C14H16F3NO2/c1-20-13(19)12-8-10(6-7-18-12)9-2-4-11(5-3-9)14(15,16)17/h2-5,10,12,18H,6-8H2,1H3. The Hall–Kier alpha value is -1.56. The van der Waals surface area contributed by atoms with Crippen LogP contribution in [0.5, 0.6) is 0 Å². The minimum atomic E-state index is -4.32. The van der Waals surface area contributed by atoms with E-state index < -0.39 is 11.7 Å².